The molecule has 2 aromatic rings. The summed E-state index contributed by atoms with van der Waals surface area (Å²) in [5.74, 6) is -0.527. The second-order valence-corrected chi connectivity index (χ2v) is 5.42. The van der Waals surface area contributed by atoms with Crippen molar-refractivity contribution in [2.24, 2.45) is 0 Å². The number of carbonyl (C=O) groups is 2. The Bertz CT molecular complexity index is 793. The number of benzene rings is 2. The number of rotatable bonds is 3. The smallest absolute Gasteiger partial charge is 0.255 e. The topological polar surface area (TPSA) is 60.9 Å². The molecular weight excluding hydrogens is 300 g/mol. The number of nitriles is 1. The van der Waals surface area contributed by atoms with E-state index < -0.39 is 0 Å². The number of hydrogen-bond donors (Lipinski definition) is 0. The first-order valence-electron chi connectivity index (χ1n) is 6.71. The van der Waals surface area contributed by atoms with Crippen molar-refractivity contribution in [1.29, 1.82) is 5.26 Å². The molecule has 0 aliphatic carbocycles. The van der Waals surface area contributed by atoms with Gasteiger partial charge in [-0.3, -0.25) is 9.59 Å². The van der Waals surface area contributed by atoms with Crippen LogP contribution < -0.4 is 0 Å². The van der Waals surface area contributed by atoms with Crippen molar-refractivity contribution in [2.75, 3.05) is 6.54 Å². The van der Waals surface area contributed by atoms with Gasteiger partial charge in [0.05, 0.1) is 18.2 Å². The molecule has 4 nitrogen and oxygen atoms in total. The molecule has 22 heavy (non-hydrogen) atoms. The van der Waals surface area contributed by atoms with Gasteiger partial charge in [-0.1, -0.05) is 29.8 Å². The first kappa shape index (κ1) is 14.3. The molecule has 0 aromatic heterocycles. The standard InChI is InChI=1S/C17H11ClN2O2/c18-12-7-5-11(6-8-12)16(21)14-3-1-2-4-15(14)17(22)20-10-13(20)9-19/h1-8,13H,10H2. The molecule has 5 heteroatoms. The summed E-state index contributed by atoms with van der Waals surface area (Å²) < 4.78 is 0. The third-order valence-corrected chi connectivity index (χ3v) is 3.78. The molecule has 1 atom stereocenters. The van der Waals surface area contributed by atoms with Crippen molar-refractivity contribution in [3.8, 4) is 6.07 Å². The fourth-order valence-corrected chi connectivity index (χ4v) is 2.38. The molecule has 3 rings (SSSR count). The summed E-state index contributed by atoms with van der Waals surface area (Å²) in [4.78, 5) is 26.4. The van der Waals surface area contributed by atoms with Crippen LogP contribution in [0.2, 0.25) is 5.02 Å². The summed E-state index contributed by atoms with van der Waals surface area (Å²) in [6.07, 6.45) is 0. The van der Waals surface area contributed by atoms with E-state index in [-0.39, 0.29) is 17.7 Å². The van der Waals surface area contributed by atoms with Gasteiger partial charge in [0.25, 0.3) is 5.91 Å². The number of halogens is 1. The lowest BCUT2D eigenvalue weighted by Gasteiger charge is -2.08. The summed E-state index contributed by atoms with van der Waals surface area (Å²) in [6, 6.07) is 14.8. The highest BCUT2D eigenvalue weighted by Crippen LogP contribution is 2.24. The first-order chi connectivity index (χ1) is 10.6. The van der Waals surface area contributed by atoms with E-state index in [1.54, 1.807) is 48.5 Å². The molecule has 0 spiro atoms. The highest BCUT2D eigenvalue weighted by molar-refractivity contribution is 6.30. The van der Waals surface area contributed by atoms with Crippen LogP contribution in [0.4, 0.5) is 0 Å². The van der Waals surface area contributed by atoms with Crippen molar-refractivity contribution in [2.45, 2.75) is 6.04 Å². The molecule has 0 N–H and O–H groups in total. The molecular formula is C17H11ClN2O2. The maximum Gasteiger partial charge on any atom is 0.255 e. The second-order valence-electron chi connectivity index (χ2n) is 4.98. The Hall–Kier alpha value is -2.64. The van der Waals surface area contributed by atoms with E-state index in [4.69, 9.17) is 16.9 Å². The second kappa shape index (κ2) is 5.63. The van der Waals surface area contributed by atoms with Crippen molar-refractivity contribution in [3.63, 3.8) is 0 Å². The summed E-state index contributed by atoms with van der Waals surface area (Å²) in [5.41, 5.74) is 1.12. The molecule has 1 heterocycles. The Balaban J connectivity index is 1.95. The van der Waals surface area contributed by atoms with Crippen molar-refractivity contribution in [3.05, 3.63) is 70.2 Å². The lowest BCUT2D eigenvalue weighted by Crippen LogP contribution is -2.17. The lowest BCUT2D eigenvalue weighted by molar-refractivity contribution is 0.0872. The van der Waals surface area contributed by atoms with E-state index >= 15 is 0 Å². The average molecular weight is 311 g/mol. The van der Waals surface area contributed by atoms with Crippen LogP contribution in [0.15, 0.2) is 48.5 Å². The summed E-state index contributed by atoms with van der Waals surface area (Å²) in [7, 11) is 0. The van der Waals surface area contributed by atoms with Crippen LogP contribution in [0.1, 0.15) is 26.3 Å². The van der Waals surface area contributed by atoms with Gasteiger partial charge in [-0.2, -0.15) is 5.26 Å². The van der Waals surface area contributed by atoms with Gasteiger partial charge >= 0.3 is 0 Å². The van der Waals surface area contributed by atoms with Crippen LogP contribution in [0.3, 0.4) is 0 Å². The van der Waals surface area contributed by atoms with Gasteiger partial charge in [-0.15, -0.1) is 0 Å². The summed E-state index contributed by atoms with van der Waals surface area (Å²) in [5, 5.41) is 9.37. The lowest BCUT2D eigenvalue weighted by atomic mass is 9.98. The highest BCUT2D eigenvalue weighted by Gasteiger charge is 2.40. The number of amides is 1. The van der Waals surface area contributed by atoms with Crippen LogP contribution >= 0.6 is 11.6 Å². The van der Waals surface area contributed by atoms with Crippen molar-refractivity contribution in [1.82, 2.24) is 4.90 Å². The molecule has 0 saturated carbocycles. The zero-order chi connectivity index (χ0) is 15.7. The number of nitrogens with zero attached hydrogens (tertiary/aromatic N) is 2. The SMILES string of the molecule is N#CC1CN1C(=O)c1ccccc1C(=O)c1ccc(Cl)cc1. The van der Waals surface area contributed by atoms with E-state index in [9.17, 15) is 9.59 Å². The number of ketones is 1. The molecule has 1 amide bonds. The van der Waals surface area contributed by atoms with Crippen LogP contribution in [0.25, 0.3) is 0 Å². The monoisotopic (exact) mass is 310 g/mol. The zero-order valence-electron chi connectivity index (χ0n) is 11.5. The van der Waals surface area contributed by atoms with Crippen LogP contribution in [0.5, 0.6) is 0 Å². The minimum Gasteiger partial charge on any atom is -0.318 e. The fourth-order valence-electron chi connectivity index (χ4n) is 2.25. The summed E-state index contributed by atoms with van der Waals surface area (Å²) in [6.45, 7) is 0.415. The van der Waals surface area contributed by atoms with Gasteiger partial charge in [0, 0.05) is 16.1 Å². The molecule has 0 bridgehead atoms. The minimum atomic E-state index is -0.383. The molecule has 1 fully saturated rings. The normalized spacial score (nSPS) is 16.0. The minimum absolute atomic E-state index is 0.240. The number of carbonyl (C=O) groups excluding carboxylic acids is 2. The predicted octanol–water partition coefficient (Wildman–Crippen LogP) is 2.92. The third-order valence-electron chi connectivity index (χ3n) is 3.53. The molecule has 1 saturated heterocycles. The fraction of sp³-hybridized carbons (Fsp3) is 0.118. The zero-order valence-corrected chi connectivity index (χ0v) is 12.2. The van der Waals surface area contributed by atoms with E-state index in [1.165, 1.54) is 4.90 Å². The largest absolute Gasteiger partial charge is 0.318 e. The highest BCUT2D eigenvalue weighted by atomic mass is 35.5. The van der Waals surface area contributed by atoms with E-state index in [0.717, 1.165) is 0 Å². The van der Waals surface area contributed by atoms with Crippen LogP contribution in [0, 0.1) is 11.3 Å². The van der Waals surface area contributed by atoms with E-state index in [1.807, 2.05) is 6.07 Å². The summed E-state index contributed by atoms with van der Waals surface area (Å²) >= 11 is 5.82. The Labute approximate surface area is 132 Å². The third kappa shape index (κ3) is 2.59. The van der Waals surface area contributed by atoms with Crippen molar-refractivity contribution < 1.29 is 9.59 Å². The van der Waals surface area contributed by atoms with E-state index in [2.05, 4.69) is 0 Å². The Morgan fingerprint density at radius 1 is 1.09 bits per heavy atom. The van der Waals surface area contributed by atoms with Gasteiger partial charge in [-0.25, -0.2) is 0 Å². The van der Waals surface area contributed by atoms with Crippen LogP contribution in [-0.2, 0) is 0 Å². The first-order valence-corrected chi connectivity index (χ1v) is 7.09. The molecule has 1 aliphatic rings. The van der Waals surface area contributed by atoms with Gasteiger partial charge in [0.15, 0.2) is 5.78 Å². The van der Waals surface area contributed by atoms with E-state index in [0.29, 0.717) is 28.3 Å². The van der Waals surface area contributed by atoms with Gasteiger partial charge in [0.2, 0.25) is 0 Å². The quantitative estimate of drug-likeness (QED) is 0.647. The molecule has 2 aromatic carbocycles. The average Bonchev–Trinajstić information content (AvgIpc) is 3.34. The van der Waals surface area contributed by atoms with Gasteiger partial charge in [-0.05, 0) is 30.3 Å². The Morgan fingerprint density at radius 3 is 2.32 bits per heavy atom. The van der Waals surface area contributed by atoms with Crippen LogP contribution in [-0.4, -0.2) is 29.2 Å². The van der Waals surface area contributed by atoms with Crippen molar-refractivity contribution >= 4 is 23.3 Å². The van der Waals surface area contributed by atoms with Gasteiger partial charge in [0.1, 0.15) is 6.04 Å². The molecule has 108 valence electrons. The Kier molecular flexibility index (Phi) is 3.66. The maximum absolute atomic E-state index is 12.6. The van der Waals surface area contributed by atoms with Gasteiger partial charge < -0.3 is 4.90 Å². The molecule has 0 radical (unpaired) electrons. The number of hydrogen-bond acceptors (Lipinski definition) is 3. The predicted molar refractivity (Wildman–Crippen MR) is 81.8 cm³/mol. The maximum atomic E-state index is 12.6. The molecule has 1 unspecified atom stereocenters. The Morgan fingerprint density at radius 2 is 1.73 bits per heavy atom. The molecule has 1 aliphatic heterocycles.